The summed E-state index contributed by atoms with van der Waals surface area (Å²) in [5, 5.41) is 3.17. The predicted octanol–water partition coefficient (Wildman–Crippen LogP) is 2.44. The van der Waals surface area contributed by atoms with Gasteiger partial charge in [0.05, 0.1) is 17.6 Å². The highest BCUT2D eigenvalue weighted by Crippen LogP contribution is 2.31. The van der Waals surface area contributed by atoms with E-state index in [4.69, 9.17) is 4.98 Å². The van der Waals surface area contributed by atoms with E-state index in [0.29, 0.717) is 24.3 Å². The number of likely N-dealkylation sites (N-methyl/N-ethyl adjacent to an activating group) is 1. The molecule has 2 fully saturated rings. The lowest BCUT2D eigenvalue weighted by molar-refractivity contribution is -0.141. The van der Waals surface area contributed by atoms with Crippen molar-refractivity contribution in [2.45, 2.75) is 31.8 Å². The van der Waals surface area contributed by atoms with Crippen LogP contribution in [0.5, 0.6) is 0 Å². The average molecular weight is 414 g/mol. The van der Waals surface area contributed by atoms with E-state index in [2.05, 4.69) is 26.2 Å². The molecule has 27 heavy (non-hydrogen) atoms. The predicted molar refractivity (Wildman–Crippen MR) is 113 cm³/mol. The van der Waals surface area contributed by atoms with E-state index >= 15 is 0 Å². The molecule has 1 amide bonds. The first-order chi connectivity index (χ1) is 12.2. The van der Waals surface area contributed by atoms with Gasteiger partial charge in [-0.2, -0.15) is 0 Å². The van der Waals surface area contributed by atoms with Gasteiger partial charge in [0, 0.05) is 38.6 Å². The van der Waals surface area contributed by atoms with E-state index in [1.807, 2.05) is 25.2 Å². The van der Waals surface area contributed by atoms with Gasteiger partial charge in [0.15, 0.2) is 0 Å². The Bertz CT molecular complexity index is 720. The van der Waals surface area contributed by atoms with Crippen molar-refractivity contribution < 1.29 is 4.79 Å². The van der Waals surface area contributed by atoms with Crippen molar-refractivity contribution >= 4 is 41.8 Å². The Balaban J connectivity index is 0.00000131. The maximum Gasteiger partial charge on any atom is 0.222 e. The number of para-hydroxylation sites is 2. The lowest BCUT2D eigenvalue weighted by atomic mass is 9.83. The van der Waals surface area contributed by atoms with E-state index in [1.54, 1.807) is 0 Å². The molecule has 2 aliphatic rings. The number of piperidine rings is 2. The zero-order valence-corrected chi connectivity index (χ0v) is 17.3. The number of hydrogen-bond acceptors (Lipinski definition) is 4. The van der Waals surface area contributed by atoms with Gasteiger partial charge in [0.25, 0.3) is 0 Å². The SMILES string of the molecule is CNCCN1C(=O)CC[C@H]2CN(Cc3nc4ccccc4[nH]3)CC[C@H]21.Cl.Cl. The summed E-state index contributed by atoms with van der Waals surface area (Å²) in [5.74, 6) is 1.97. The Morgan fingerprint density at radius 3 is 2.85 bits per heavy atom. The van der Waals surface area contributed by atoms with Crippen LogP contribution < -0.4 is 5.32 Å². The second-order valence-corrected chi connectivity index (χ2v) is 7.28. The van der Waals surface area contributed by atoms with E-state index in [1.165, 1.54) is 0 Å². The molecule has 2 atom stereocenters. The molecule has 0 unspecified atom stereocenters. The molecule has 2 saturated heterocycles. The fraction of sp³-hybridized carbons (Fsp3) is 0.579. The molecule has 0 saturated carbocycles. The number of fused-ring (bicyclic) bond motifs is 2. The summed E-state index contributed by atoms with van der Waals surface area (Å²) < 4.78 is 0. The van der Waals surface area contributed by atoms with E-state index in [-0.39, 0.29) is 24.8 Å². The van der Waals surface area contributed by atoms with Crippen LogP contribution in [-0.2, 0) is 11.3 Å². The maximum atomic E-state index is 12.3. The lowest BCUT2D eigenvalue weighted by Gasteiger charge is -2.47. The first-order valence-electron chi connectivity index (χ1n) is 9.34. The molecule has 2 aliphatic heterocycles. The molecule has 0 bridgehead atoms. The molecule has 3 heterocycles. The molecular formula is C19H29Cl2N5O. The molecule has 1 aromatic carbocycles. The van der Waals surface area contributed by atoms with E-state index in [0.717, 1.165) is 62.4 Å². The van der Waals surface area contributed by atoms with Crippen molar-refractivity contribution in [1.82, 2.24) is 25.1 Å². The largest absolute Gasteiger partial charge is 0.341 e. The van der Waals surface area contributed by atoms with Crippen LogP contribution in [0.4, 0.5) is 0 Å². The topological polar surface area (TPSA) is 64.3 Å². The van der Waals surface area contributed by atoms with Crippen molar-refractivity contribution in [3.8, 4) is 0 Å². The lowest BCUT2D eigenvalue weighted by Crippen LogP contribution is -2.56. The minimum Gasteiger partial charge on any atom is -0.341 e. The molecule has 2 N–H and O–H groups in total. The number of H-pyrrole nitrogens is 1. The minimum atomic E-state index is 0. The molecular weight excluding hydrogens is 385 g/mol. The third kappa shape index (κ3) is 4.74. The molecule has 8 heteroatoms. The zero-order chi connectivity index (χ0) is 17.2. The third-order valence-corrected chi connectivity index (χ3v) is 5.64. The maximum absolute atomic E-state index is 12.3. The zero-order valence-electron chi connectivity index (χ0n) is 15.7. The van der Waals surface area contributed by atoms with Crippen LogP contribution in [0, 0.1) is 5.92 Å². The molecule has 1 aromatic heterocycles. The number of rotatable bonds is 5. The van der Waals surface area contributed by atoms with Crippen molar-refractivity contribution in [1.29, 1.82) is 0 Å². The summed E-state index contributed by atoms with van der Waals surface area (Å²) in [5.41, 5.74) is 2.14. The average Bonchev–Trinajstić information content (AvgIpc) is 3.03. The fourth-order valence-electron chi connectivity index (χ4n) is 4.39. The number of amides is 1. The molecule has 4 rings (SSSR count). The summed E-state index contributed by atoms with van der Waals surface area (Å²) in [6, 6.07) is 8.60. The molecule has 0 aliphatic carbocycles. The number of imidazole rings is 1. The number of hydrogen-bond donors (Lipinski definition) is 2. The summed E-state index contributed by atoms with van der Waals surface area (Å²) in [6.07, 6.45) is 2.79. The van der Waals surface area contributed by atoms with Crippen LogP contribution in [0.3, 0.4) is 0 Å². The Morgan fingerprint density at radius 1 is 1.26 bits per heavy atom. The minimum absolute atomic E-state index is 0. The van der Waals surface area contributed by atoms with Crippen LogP contribution in [0.1, 0.15) is 25.1 Å². The van der Waals surface area contributed by atoms with Crippen molar-refractivity contribution in [3.05, 3.63) is 30.1 Å². The number of nitrogens with one attached hydrogen (secondary N) is 2. The standard InChI is InChI=1S/C19H27N5O.2ClH/c1-20-9-11-24-17-8-10-23(12-14(17)6-7-19(24)25)13-18-21-15-4-2-3-5-16(15)22-18;;/h2-5,14,17,20H,6-13H2,1H3,(H,21,22);2*1H/t14-,17+;;/m0../s1. The van der Waals surface area contributed by atoms with Gasteiger partial charge in [-0.3, -0.25) is 9.69 Å². The van der Waals surface area contributed by atoms with E-state index in [9.17, 15) is 4.79 Å². The first-order valence-corrected chi connectivity index (χ1v) is 9.34. The van der Waals surface area contributed by atoms with Crippen LogP contribution in [0.25, 0.3) is 11.0 Å². The van der Waals surface area contributed by atoms with Crippen LogP contribution in [0.2, 0.25) is 0 Å². The van der Waals surface area contributed by atoms with Crippen LogP contribution in [0.15, 0.2) is 24.3 Å². The van der Waals surface area contributed by atoms with Crippen LogP contribution in [-0.4, -0.2) is 64.9 Å². The number of carbonyl (C=O) groups excluding carboxylic acids is 1. The molecule has 0 radical (unpaired) electrons. The quantitative estimate of drug-likeness (QED) is 0.789. The molecule has 6 nitrogen and oxygen atoms in total. The summed E-state index contributed by atoms with van der Waals surface area (Å²) in [6.45, 7) is 4.66. The van der Waals surface area contributed by atoms with E-state index < -0.39 is 0 Å². The number of halogens is 2. The van der Waals surface area contributed by atoms with Crippen molar-refractivity contribution in [2.24, 2.45) is 5.92 Å². The van der Waals surface area contributed by atoms with Gasteiger partial charge < -0.3 is 15.2 Å². The van der Waals surface area contributed by atoms with Gasteiger partial charge in [-0.05, 0) is 37.9 Å². The fourth-order valence-corrected chi connectivity index (χ4v) is 4.39. The second-order valence-electron chi connectivity index (χ2n) is 7.28. The van der Waals surface area contributed by atoms with Crippen molar-refractivity contribution in [3.63, 3.8) is 0 Å². The number of aromatic nitrogens is 2. The van der Waals surface area contributed by atoms with Crippen LogP contribution >= 0.6 is 24.8 Å². The molecule has 150 valence electrons. The number of carbonyl (C=O) groups is 1. The Kier molecular flexibility index (Phi) is 7.91. The summed E-state index contributed by atoms with van der Waals surface area (Å²) in [4.78, 5) is 25.1. The normalized spacial score (nSPS) is 22.9. The first kappa shape index (κ1) is 22.0. The third-order valence-electron chi connectivity index (χ3n) is 5.64. The number of likely N-dealkylation sites (tertiary alicyclic amines) is 2. The van der Waals surface area contributed by atoms with Gasteiger partial charge in [-0.1, -0.05) is 12.1 Å². The van der Waals surface area contributed by atoms with Crippen molar-refractivity contribution in [2.75, 3.05) is 33.2 Å². The highest BCUT2D eigenvalue weighted by atomic mass is 35.5. The smallest absolute Gasteiger partial charge is 0.222 e. The summed E-state index contributed by atoms with van der Waals surface area (Å²) >= 11 is 0. The Labute approximate surface area is 172 Å². The molecule has 2 aromatic rings. The Morgan fingerprint density at radius 2 is 2.07 bits per heavy atom. The van der Waals surface area contributed by atoms with Gasteiger partial charge in [0.2, 0.25) is 5.91 Å². The van der Waals surface area contributed by atoms with Gasteiger partial charge in [-0.15, -0.1) is 24.8 Å². The second kappa shape index (κ2) is 9.73. The highest BCUT2D eigenvalue weighted by molar-refractivity contribution is 5.85. The number of benzene rings is 1. The van der Waals surface area contributed by atoms with Gasteiger partial charge in [-0.25, -0.2) is 4.98 Å². The monoisotopic (exact) mass is 413 g/mol. The Hall–Kier alpha value is -1.34. The summed E-state index contributed by atoms with van der Waals surface area (Å²) in [7, 11) is 1.95. The number of aromatic amines is 1. The number of nitrogens with zero attached hydrogens (tertiary/aromatic N) is 3. The van der Waals surface area contributed by atoms with Gasteiger partial charge in [0.1, 0.15) is 5.82 Å². The highest BCUT2D eigenvalue weighted by Gasteiger charge is 2.38. The molecule has 0 spiro atoms. The van der Waals surface area contributed by atoms with Gasteiger partial charge >= 0.3 is 0 Å².